The Labute approximate surface area is 171 Å². The van der Waals surface area contributed by atoms with Gasteiger partial charge in [0.25, 0.3) is 0 Å². The largest absolute Gasteiger partial charge is 0.496 e. The monoisotopic (exact) mass is 399 g/mol. The molecule has 1 aliphatic rings. The lowest BCUT2D eigenvalue weighted by Gasteiger charge is -2.26. The van der Waals surface area contributed by atoms with Crippen LogP contribution in [0.1, 0.15) is 36.5 Å². The van der Waals surface area contributed by atoms with Crippen molar-refractivity contribution in [2.24, 2.45) is 5.10 Å². The number of benzene rings is 2. The van der Waals surface area contributed by atoms with Gasteiger partial charge in [0, 0.05) is 11.3 Å². The average Bonchev–Trinajstić information content (AvgIpc) is 3.50. The summed E-state index contributed by atoms with van der Waals surface area (Å²) in [5.41, 5.74) is 11.0. The van der Waals surface area contributed by atoms with Crippen LogP contribution in [0, 0.1) is 6.92 Å². The van der Waals surface area contributed by atoms with Crippen molar-refractivity contribution in [2.45, 2.75) is 38.3 Å². The average molecular weight is 400 g/mol. The molecule has 0 aromatic heterocycles. The molecular weight excluding hydrogens is 370 g/mol. The highest BCUT2D eigenvalue weighted by atomic mass is 32.2. The fourth-order valence-electron chi connectivity index (χ4n) is 3.10. The fourth-order valence-corrected chi connectivity index (χ4v) is 3.71. The number of nitrogens with zero attached hydrogens (tertiary/aromatic N) is 2. The lowest BCUT2D eigenvalue weighted by atomic mass is 10.0. The third-order valence-corrected chi connectivity index (χ3v) is 5.97. The molecule has 5 nitrogen and oxygen atoms in total. The molecule has 0 bridgehead atoms. The number of hydrogen-bond donors (Lipinski definition) is 1. The third kappa shape index (κ3) is 4.62. The van der Waals surface area contributed by atoms with Crippen LogP contribution in [0.2, 0.25) is 0 Å². The molecule has 0 aliphatic carbocycles. The van der Waals surface area contributed by atoms with Crippen LogP contribution in [-0.2, 0) is 11.3 Å². The molecule has 0 amide bonds. The van der Waals surface area contributed by atoms with Gasteiger partial charge in [0.1, 0.15) is 12.4 Å². The predicted molar refractivity (Wildman–Crippen MR) is 118 cm³/mol. The molecule has 1 heterocycles. The second-order valence-corrected chi connectivity index (χ2v) is 8.03. The topological polar surface area (TPSA) is 63.4 Å². The second kappa shape index (κ2) is 8.88. The maximum Gasteiger partial charge on any atom is 0.228 e. The predicted octanol–water partition coefficient (Wildman–Crippen LogP) is 4.64. The van der Waals surface area contributed by atoms with Crippen LogP contribution in [-0.4, -0.2) is 35.8 Å². The van der Waals surface area contributed by atoms with Gasteiger partial charge >= 0.3 is 0 Å². The van der Waals surface area contributed by atoms with Crippen molar-refractivity contribution in [3.63, 3.8) is 0 Å². The van der Waals surface area contributed by atoms with E-state index in [-0.39, 0.29) is 0 Å². The number of aryl methyl sites for hydroxylation is 1. The van der Waals surface area contributed by atoms with Crippen LogP contribution >= 0.6 is 11.8 Å². The minimum atomic E-state index is -0.394. The van der Waals surface area contributed by atoms with E-state index in [1.165, 1.54) is 0 Å². The fraction of sp³-hybridized carbons (Fsp3) is 0.409. The molecule has 150 valence electrons. The molecule has 1 aliphatic heterocycles. The molecule has 6 heteroatoms. The number of rotatable bonds is 9. The molecule has 2 N–H and O–H groups in total. The van der Waals surface area contributed by atoms with E-state index in [0.717, 1.165) is 46.7 Å². The third-order valence-electron chi connectivity index (χ3n) is 4.89. The van der Waals surface area contributed by atoms with Gasteiger partial charge in [0.2, 0.25) is 5.06 Å². The normalized spacial score (nSPS) is 18.8. The van der Waals surface area contributed by atoms with Crippen molar-refractivity contribution < 1.29 is 9.47 Å². The van der Waals surface area contributed by atoms with E-state index in [4.69, 9.17) is 20.3 Å². The molecule has 1 unspecified atom stereocenters. The van der Waals surface area contributed by atoms with Crippen molar-refractivity contribution in [1.82, 2.24) is 5.01 Å². The Kier molecular flexibility index (Phi) is 6.52. The Morgan fingerprint density at radius 2 is 2.00 bits per heavy atom. The number of hydrazone groups is 1. The van der Waals surface area contributed by atoms with Gasteiger partial charge in [-0.15, -0.1) is 11.8 Å². The molecule has 1 saturated heterocycles. The van der Waals surface area contributed by atoms with Gasteiger partial charge in [-0.2, -0.15) is 5.10 Å². The number of ether oxygens (including phenoxy) is 2. The zero-order valence-corrected chi connectivity index (χ0v) is 17.9. The highest BCUT2D eigenvalue weighted by molar-refractivity contribution is 8.00. The molecule has 1 fully saturated rings. The molecule has 0 radical (unpaired) electrons. The van der Waals surface area contributed by atoms with Crippen LogP contribution in [0.4, 0.5) is 5.69 Å². The van der Waals surface area contributed by atoms with E-state index in [0.29, 0.717) is 13.2 Å². The van der Waals surface area contributed by atoms with Crippen LogP contribution in [0.25, 0.3) is 0 Å². The summed E-state index contributed by atoms with van der Waals surface area (Å²) >= 11 is 1.68. The number of nitrogens with two attached hydrogens (primary N) is 1. The van der Waals surface area contributed by atoms with Gasteiger partial charge < -0.3 is 15.2 Å². The minimum absolute atomic E-state index is 0.394. The quantitative estimate of drug-likeness (QED) is 0.219. The Hall–Kier alpha value is -2.18. The molecule has 2 aromatic rings. The maximum atomic E-state index is 5.84. The van der Waals surface area contributed by atoms with Gasteiger partial charge in [0.15, 0.2) is 0 Å². The first-order valence-corrected chi connectivity index (χ1v) is 10.8. The van der Waals surface area contributed by atoms with Gasteiger partial charge in [-0.1, -0.05) is 37.6 Å². The van der Waals surface area contributed by atoms with Crippen molar-refractivity contribution in [3.8, 4) is 5.75 Å². The van der Waals surface area contributed by atoms with Crippen LogP contribution in [0.15, 0.2) is 47.6 Å². The summed E-state index contributed by atoms with van der Waals surface area (Å²) in [7, 11) is 1.71. The highest BCUT2D eigenvalue weighted by Gasteiger charge is 2.50. The van der Waals surface area contributed by atoms with E-state index < -0.39 is 5.06 Å². The van der Waals surface area contributed by atoms with Crippen molar-refractivity contribution in [3.05, 3.63) is 59.2 Å². The smallest absolute Gasteiger partial charge is 0.228 e. The van der Waals surface area contributed by atoms with Gasteiger partial charge in [-0.25, -0.2) is 5.01 Å². The molecule has 3 rings (SSSR count). The summed E-state index contributed by atoms with van der Waals surface area (Å²) in [6.07, 6.45) is 3.96. The van der Waals surface area contributed by atoms with Crippen molar-refractivity contribution >= 4 is 23.2 Å². The summed E-state index contributed by atoms with van der Waals surface area (Å²) in [5, 5.41) is 6.76. The van der Waals surface area contributed by atoms with Gasteiger partial charge in [-0.3, -0.25) is 0 Å². The van der Waals surface area contributed by atoms with Crippen LogP contribution in [0.3, 0.4) is 0 Å². The number of epoxide rings is 1. The van der Waals surface area contributed by atoms with Crippen molar-refractivity contribution in [2.75, 3.05) is 25.7 Å². The van der Waals surface area contributed by atoms with Gasteiger partial charge in [-0.05, 0) is 48.9 Å². The summed E-state index contributed by atoms with van der Waals surface area (Å²) in [6.45, 7) is 5.55. The molecule has 0 spiro atoms. The molecule has 1 atom stereocenters. The van der Waals surface area contributed by atoms with Crippen molar-refractivity contribution in [1.29, 1.82) is 0 Å². The number of hydrogen-bond acceptors (Lipinski definition) is 6. The summed E-state index contributed by atoms with van der Waals surface area (Å²) in [6, 6.07) is 14.2. The van der Waals surface area contributed by atoms with Crippen LogP contribution < -0.4 is 10.5 Å². The lowest BCUT2D eigenvalue weighted by Crippen LogP contribution is -2.32. The van der Waals surface area contributed by atoms with E-state index in [1.807, 2.05) is 31.2 Å². The number of anilines is 1. The Bertz CT molecular complexity index is 832. The Balaban J connectivity index is 1.96. The number of methoxy groups -OCH3 is 1. The zero-order valence-electron chi connectivity index (χ0n) is 17.1. The summed E-state index contributed by atoms with van der Waals surface area (Å²) in [5.74, 6) is 0.883. The van der Waals surface area contributed by atoms with E-state index in [9.17, 15) is 0 Å². The van der Waals surface area contributed by atoms with E-state index >= 15 is 0 Å². The minimum Gasteiger partial charge on any atom is -0.496 e. The molecule has 0 saturated carbocycles. The first-order valence-electron chi connectivity index (χ1n) is 9.55. The summed E-state index contributed by atoms with van der Waals surface area (Å²) in [4.78, 5) is 0. The Morgan fingerprint density at radius 3 is 2.57 bits per heavy atom. The number of thioether (sulfide) groups is 1. The maximum absolute atomic E-state index is 5.84. The molecule has 28 heavy (non-hydrogen) atoms. The van der Waals surface area contributed by atoms with E-state index in [1.54, 1.807) is 18.9 Å². The molecular formula is C22H29N3O2S. The van der Waals surface area contributed by atoms with Gasteiger partial charge in [0.05, 0.1) is 19.4 Å². The molecule has 2 aromatic carbocycles. The SMILES string of the molecule is CCC/C(=N\N(Cc1ccc(N)cc1)C1(SC)CO1)c1ccc(C)c(OC)c1. The van der Waals surface area contributed by atoms with Crippen LogP contribution in [0.5, 0.6) is 5.75 Å². The lowest BCUT2D eigenvalue weighted by molar-refractivity contribution is 0.148. The first kappa shape index (κ1) is 20.6. The standard InChI is InChI=1S/C22H29N3O2S/c1-5-6-20(18-10-7-16(2)21(13-18)26-3)24-25(22(28-4)15-27-22)14-17-8-11-19(23)12-9-17/h7-13H,5-6,14-15,23H2,1-4H3/b24-20+. The summed E-state index contributed by atoms with van der Waals surface area (Å²) < 4.78 is 11.3. The highest BCUT2D eigenvalue weighted by Crippen LogP contribution is 2.42. The second-order valence-electron chi connectivity index (χ2n) is 6.99. The van der Waals surface area contributed by atoms with E-state index in [2.05, 4.69) is 36.4 Å². The zero-order chi connectivity index (χ0) is 20.1. The first-order chi connectivity index (χ1) is 13.5. The Morgan fingerprint density at radius 1 is 1.29 bits per heavy atom. The number of nitrogen functional groups attached to an aromatic ring is 1.